The first kappa shape index (κ1) is 12.7. The lowest BCUT2D eigenvalue weighted by Crippen LogP contribution is -2.10. The SMILES string of the molecule is Cc1ccc(OC(=O)c2ccccc2C)cc1Cl. The minimum atomic E-state index is -0.368. The number of carbonyl (C=O) groups is 1. The van der Waals surface area contributed by atoms with Crippen LogP contribution in [-0.2, 0) is 0 Å². The van der Waals surface area contributed by atoms with E-state index in [1.165, 1.54) is 0 Å². The molecule has 92 valence electrons. The molecule has 0 aliphatic heterocycles. The zero-order valence-electron chi connectivity index (χ0n) is 10.2. The Kier molecular flexibility index (Phi) is 3.68. The molecule has 0 N–H and O–H groups in total. The van der Waals surface area contributed by atoms with E-state index in [1.54, 1.807) is 18.2 Å². The van der Waals surface area contributed by atoms with Crippen LogP contribution in [0.3, 0.4) is 0 Å². The number of benzene rings is 2. The fraction of sp³-hybridized carbons (Fsp3) is 0.133. The number of esters is 1. The van der Waals surface area contributed by atoms with Crippen LogP contribution in [0.4, 0.5) is 0 Å². The third-order valence-electron chi connectivity index (χ3n) is 2.72. The molecule has 0 bridgehead atoms. The summed E-state index contributed by atoms with van der Waals surface area (Å²) >= 11 is 5.98. The van der Waals surface area contributed by atoms with E-state index in [0.717, 1.165) is 11.1 Å². The predicted octanol–water partition coefficient (Wildman–Crippen LogP) is 4.18. The average Bonchev–Trinajstić information content (AvgIpc) is 2.34. The molecule has 0 heterocycles. The van der Waals surface area contributed by atoms with Crippen molar-refractivity contribution in [3.8, 4) is 5.75 Å². The van der Waals surface area contributed by atoms with Crippen molar-refractivity contribution in [1.29, 1.82) is 0 Å². The lowest BCUT2D eigenvalue weighted by molar-refractivity contribution is 0.0734. The third-order valence-corrected chi connectivity index (χ3v) is 3.13. The van der Waals surface area contributed by atoms with Gasteiger partial charge in [0.15, 0.2) is 0 Å². The maximum Gasteiger partial charge on any atom is 0.343 e. The van der Waals surface area contributed by atoms with E-state index in [1.807, 2.05) is 38.1 Å². The Hall–Kier alpha value is -1.80. The molecule has 18 heavy (non-hydrogen) atoms. The first-order valence-electron chi connectivity index (χ1n) is 5.62. The highest BCUT2D eigenvalue weighted by Gasteiger charge is 2.11. The Morgan fingerprint density at radius 3 is 2.44 bits per heavy atom. The Balaban J connectivity index is 2.22. The summed E-state index contributed by atoms with van der Waals surface area (Å²) in [5.74, 6) is 0.0897. The van der Waals surface area contributed by atoms with Crippen molar-refractivity contribution >= 4 is 17.6 Å². The Morgan fingerprint density at radius 2 is 1.78 bits per heavy atom. The van der Waals surface area contributed by atoms with Gasteiger partial charge in [0, 0.05) is 5.02 Å². The van der Waals surface area contributed by atoms with Crippen LogP contribution in [0.25, 0.3) is 0 Å². The normalized spacial score (nSPS) is 10.2. The maximum atomic E-state index is 12.0. The van der Waals surface area contributed by atoms with Gasteiger partial charge in [-0.15, -0.1) is 0 Å². The average molecular weight is 261 g/mol. The molecule has 0 aliphatic rings. The summed E-state index contributed by atoms with van der Waals surface area (Å²) in [7, 11) is 0. The second-order valence-corrected chi connectivity index (χ2v) is 4.52. The Morgan fingerprint density at radius 1 is 1.06 bits per heavy atom. The van der Waals surface area contributed by atoms with E-state index in [4.69, 9.17) is 16.3 Å². The van der Waals surface area contributed by atoms with Crippen molar-refractivity contribution in [1.82, 2.24) is 0 Å². The smallest absolute Gasteiger partial charge is 0.343 e. The van der Waals surface area contributed by atoms with E-state index >= 15 is 0 Å². The summed E-state index contributed by atoms with van der Waals surface area (Å²) in [5, 5.41) is 0.588. The van der Waals surface area contributed by atoms with Crippen LogP contribution in [0.15, 0.2) is 42.5 Å². The molecule has 0 saturated heterocycles. The number of carbonyl (C=O) groups excluding carboxylic acids is 1. The van der Waals surface area contributed by atoms with Crippen LogP contribution < -0.4 is 4.74 Å². The van der Waals surface area contributed by atoms with Gasteiger partial charge in [-0.2, -0.15) is 0 Å². The van der Waals surface area contributed by atoms with Gasteiger partial charge in [-0.3, -0.25) is 0 Å². The molecule has 0 unspecified atom stereocenters. The molecule has 3 heteroatoms. The number of aryl methyl sites for hydroxylation is 2. The molecule has 2 aromatic rings. The molecular formula is C15H13ClO2. The Labute approximate surface area is 111 Å². The molecule has 0 spiro atoms. The number of halogens is 1. The number of rotatable bonds is 2. The standard InChI is InChI=1S/C15H13ClO2/c1-10-5-3-4-6-13(10)15(17)18-12-8-7-11(2)14(16)9-12/h3-9H,1-2H3. The molecule has 0 atom stereocenters. The van der Waals surface area contributed by atoms with Crippen molar-refractivity contribution < 1.29 is 9.53 Å². The quantitative estimate of drug-likeness (QED) is 0.598. The number of hydrogen-bond donors (Lipinski definition) is 0. The molecule has 2 rings (SSSR count). The van der Waals surface area contributed by atoms with E-state index in [9.17, 15) is 4.79 Å². The summed E-state index contributed by atoms with van der Waals surface area (Å²) in [6.45, 7) is 3.77. The second kappa shape index (κ2) is 5.23. The molecule has 0 amide bonds. The minimum Gasteiger partial charge on any atom is -0.423 e. The van der Waals surface area contributed by atoms with E-state index in [-0.39, 0.29) is 5.97 Å². The summed E-state index contributed by atoms with van der Waals surface area (Å²) in [5.41, 5.74) is 2.40. The number of hydrogen-bond acceptors (Lipinski definition) is 2. The van der Waals surface area contributed by atoms with Crippen LogP contribution in [0.2, 0.25) is 5.02 Å². The zero-order chi connectivity index (χ0) is 13.1. The van der Waals surface area contributed by atoms with Gasteiger partial charge in [0.1, 0.15) is 5.75 Å². The van der Waals surface area contributed by atoms with Crippen LogP contribution >= 0.6 is 11.6 Å². The molecule has 0 fully saturated rings. The van der Waals surface area contributed by atoms with Crippen molar-refractivity contribution in [3.05, 3.63) is 64.2 Å². The topological polar surface area (TPSA) is 26.3 Å². The second-order valence-electron chi connectivity index (χ2n) is 4.12. The van der Waals surface area contributed by atoms with Crippen molar-refractivity contribution in [2.75, 3.05) is 0 Å². The first-order valence-corrected chi connectivity index (χ1v) is 5.99. The molecule has 0 aliphatic carbocycles. The van der Waals surface area contributed by atoms with E-state index < -0.39 is 0 Å². The molecule has 0 radical (unpaired) electrons. The van der Waals surface area contributed by atoms with Crippen molar-refractivity contribution in [2.45, 2.75) is 13.8 Å². The molecule has 0 saturated carbocycles. The lowest BCUT2D eigenvalue weighted by atomic mass is 10.1. The van der Waals surface area contributed by atoms with Gasteiger partial charge in [0.05, 0.1) is 5.56 Å². The highest BCUT2D eigenvalue weighted by atomic mass is 35.5. The van der Waals surface area contributed by atoms with Crippen LogP contribution in [0.5, 0.6) is 5.75 Å². The summed E-state index contributed by atoms with van der Waals surface area (Å²) in [4.78, 5) is 12.0. The monoisotopic (exact) mass is 260 g/mol. The van der Waals surface area contributed by atoms with Crippen molar-refractivity contribution in [3.63, 3.8) is 0 Å². The van der Waals surface area contributed by atoms with Crippen LogP contribution in [0.1, 0.15) is 21.5 Å². The third kappa shape index (κ3) is 2.71. The molecule has 2 nitrogen and oxygen atoms in total. The fourth-order valence-electron chi connectivity index (χ4n) is 1.60. The van der Waals surface area contributed by atoms with Crippen molar-refractivity contribution in [2.24, 2.45) is 0 Å². The summed E-state index contributed by atoms with van der Waals surface area (Å²) in [6.07, 6.45) is 0. The number of ether oxygens (including phenoxy) is 1. The lowest BCUT2D eigenvalue weighted by Gasteiger charge is -2.07. The van der Waals surface area contributed by atoms with E-state index in [0.29, 0.717) is 16.3 Å². The summed E-state index contributed by atoms with van der Waals surface area (Å²) in [6, 6.07) is 12.5. The van der Waals surface area contributed by atoms with Gasteiger partial charge in [-0.25, -0.2) is 4.79 Å². The fourth-order valence-corrected chi connectivity index (χ4v) is 1.77. The van der Waals surface area contributed by atoms with Gasteiger partial charge in [0.2, 0.25) is 0 Å². The molecule has 0 aromatic heterocycles. The largest absolute Gasteiger partial charge is 0.423 e. The van der Waals surface area contributed by atoms with Gasteiger partial charge < -0.3 is 4.74 Å². The van der Waals surface area contributed by atoms with Gasteiger partial charge in [-0.1, -0.05) is 35.9 Å². The molecular weight excluding hydrogens is 248 g/mol. The van der Waals surface area contributed by atoms with Crippen LogP contribution in [-0.4, -0.2) is 5.97 Å². The van der Waals surface area contributed by atoms with Gasteiger partial charge in [0.25, 0.3) is 0 Å². The molecule has 2 aromatic carbocycles. The van der Waals surface area contributed by atoms with Gasteiger partial charge >= 0.3 is 5.97 Å². The van der Waals surface area contributed by atoms with Gasteiger partial charge in [-0.05, 0) is 43.2 Å². The minimum absolute atomic E-state index is 0.368. The maximum absolute atomic E-state index is 12.0. The first-order chi connectivity index (χ1) is 8.58. The predicted molar refractivity (Wildman–Crippen MR) is 72.3 cm³/mol. The highest BCUT2D eigenvalue weighted by Crippen LogP contribution is 2.22. The van der Waals surface area contributed by atoms with E-state index in [2.05, 4.69) is 0 Å². The summed E-state index contributed by atoms with van der Waals surface area (Å²) < 4.78 is 5.29. The highest BCUT2D eigenvalue weighted by molar-refractivity contribution is 6.31. The Bertz CT molecular complexity index is 591. The van der Waals surface area contributed by atoms with Crippen LogP contribution in [0, 0.1) is 13.8 Å². The zero-order valence-corrected chi connectivity index (χ0v) is 11.0.